The summed E-state index contributed by atoms with van der Waals surface area (Å²) >= 11 is 6.36. The number of hydrogen-bond donors (Lipinski definition) is 1. The van der Waals surface area contributed by atoms with Crippen LogP contribution in [-0.4, -0.2) is 19.6 Å². The molecule has 2 aromatic heterocycles. The van der Waals surface area contributed by atoms with E-state index in [1.54, 1.807) is 6.20 Å². The fraction of sp³-hybridized carbons (Fsp3) is 0.381. The predicted octanol–water partition coefficient (Wildman–Crippen LogP) is 4.38. The summed E-state index contributed by atoms with van der Waals surface area (Å²) in [6.07, 6.45) is 3.64. The van der Waals surface area contributed by atoms with Crippen molar-refractivity contribution in [2.75, 3.05) is 5.32 Å². The summed E-state index contributed by atoms with van der Waals surface area (Å²) in [6.45, 7) is 10.7. The fourth-order valence-electron chi connectivity index (χ4n) is 2.99. The van der Waals surface area contributed by atoms with Crippen LogP contribution < -0.4 is 10.9 Å². The number of benzene rings is 1. The normalized spacial score (nSPS) is 12.8. The highest BCUT2D eigenvalue weighted by Crippen LogP contribution is 2.26. The molecule has 0 spiro atoms. The predicted molar refractivity (Wildman–Crippen MR) is 113 cm³/mol. The first-order valence-corrected chi connectivity index (χ1v) is 9.67. The van der Waals surface area contributed by atoms with Gasteiger partial charge in [-0.1, -0.05) is 41.9 Å². The maximum absolute atomic E-state index is 12.6. The SMILES string of the molecule is Cc1nn(C(C)(C)C)cc1C(C)Nc1cnn(Cc2ccccc2)c(=O)c1Cl. The fourth-order valence-corrected chi connectivity index (χ4v) is 3.19. The molecule has 0 aliphatic carbocycles. The highest BCUT2D eigenvalue weighted by molar-refractivity contribution is 6.32. The van der Waals surface area contributed by atoms with E-state index in [4.69, 9.17) is 11.6 Å². The van der Waals surface area contributed by atoms with Crippen LogP contribution in [0.4, 0.5) is 5.69 Å². The minimum Gasteiger partial charge on any atom is -0.376 e. The van der Waals surface area contributed by atoms with Crippen LogP contribution in [0.5, 0.6) is 0 Å². The van der Waals surface area contributed by atoms with Crippen LogP contribution in [0.2, 0.25) is 5.02 Å². The average Bonchev–Trinajstić information content (AvgIpc) is 3.04. The Morgan fingerprint density at radius 3 is 2.50 bits per heavy atom. The molecule has 3 aromatic rings. The van der Waals surface area contributed by atoms with Crippen LogP contribution >= 0.6 is 11.6 Å². The zero-order valence-electron chi connectivity index (χ0n) is 16.9. The van der Waals surface area contributed by atoms with Gasteiger partial charge in [0.2, 0.25) is 0 Å². The van der Waals surface area contributed by atoms with Crippen molar-refractivity contribution in [2.45, 2.75) is 52.7 Å². The first-order chi connectivity index (χ1) is 13.2. The summed E-state index contributed by atoms with van der Waals surface area (Å²) in [6, 6.07) is 9.63. The molecule has 3 rings (SSSR count). The Balaban J connectivity index is 1.82. The Labute approximate surface area is 170 Å². The molecule has 2 heterocycles. The second-order valence-corrected chi connectivity index (χ2v) is 8.35. The molecule has 0 bridgehead atoms. The minimum absolute atomic E-state index is 0.0697. The van der Waals surface area contributed by atoms with E-state index in [1.807, 2.05) is 55.1 Å². The Morgan fingerprint density at radius 1 is 1.21 bits per heavy atom. The number of halogens is 1. The molecular formula is C21H26ClN5O. The number of anilines is 1. The summed E-state index contributed by atoms with van der Waals surface area (Å²) in [7, 11) is 0. The van der Waals surface area contributed by atoms with E-state index in [0.717, 1.165) is 16.8 Å². The van der Waals surface area contributed by atoms with Crippen LogP contribution in [0, 0.1) is 6.92 Å². The first kappa shape index (κ1) is 20.1. The van der Waals surface area contributed by atoms with Gasteiger partial charge < -0.3 is 5.32 Å². The maximum Gasteiger partial charge on any atom is 0.287 e. The first-order valence-electron chi connectivity index (χ1n) is 9.29. The third-order valence-corrected chi connectivity index (χ3v) is 4.99. The molecule has 0 fully saturated rings. The Morgan fingerprint density at radius 2 is 1.89 bits per heavy atom. The van der Waals surface area contributed by atoms with Gasteiger partial charge in [-0.2, -0.15) is 10.2 Å². The van der Waals surface area contributed by atoms with Gasteiger partial charge >= 0.3 is 0 Å². The molecule has 1 N–H and O–H groups in total. The number of nitrogens with one attached hydrogen (secondary N) is 1. The lowest BCUT2D eigenvalue weighted by atomic mass is 10.1. The largest absolute Gasteiger partial charge is 0.376 e. The van der Waals surface area contributed by atoms with Gasteiger partial charge in [0.15, 0.2) is 0 Å². The molecule has 0 radical (unpaired) electrons. The molecule has 6 nitrogen and oxygen atoms in total. The van der Waals surface area contributed by atoms with E-state index in [1.165, 1.54) is 4.68 Å². The molecule has 1 aromatic carbocycles. The van der Waals surface area contributed by atoms with Gasteiger partial charge in [-0.3, -0.25) is 9.48 Å². The molecule has 0 aliphatic rings. The van der Waals surface area contributed by atoms with Crippen molar-refractivity contribution in [1.29, 1.82) is 0 Å². The van der Waals surface area contributed by atoms with Crippen molar-refractivity contribution in [3.8, 4) is 0 Å². The van der Waals surface area contributed by atoms with Crippen molar-refractivity contribution >= 4 is 17.3 Å². The molecule has 1 unspecified atom stereocenters. The molecule has 0 saturated heterocycles. The van der Waals surface area contributed by atoms with Gasteiger partial charge in [-0.05, 0) is 40.2 Å². The quantitative estimate of drug-likeness (QED) is 0.691. The minimum atomic E-state index is -0.315. The summed E-state index contributed by atoms with van der Waals surface area (Å²) < 4.78 is 3.32. The topological polar surface area (TPSA) is 64.7 Å². The standard InChI is InChI=1S/C21H26ClN5O/c1-14(17-13-27(21(3,4)5)25-15(17)2)24-18-11-23-26(20(28)19(18)22)12-16-9-7-6-8-10-16/h6-11,13-14,24H,12H2,1-5H3. The van der Waals surface area contributed by atoms with E-state index < -0.39 is 0 Å². The van der Waals surface area contributed by atoms with Crippen molar-refractivity contribution in [2.24, 2.45) is 0 Å². The van der Waals surface area contributed by atoms with E-state index in [0.29, 0.717) is 12.2 Å². The van der Waals surface area contributed by atoms with Crippen LogP contribution in [0.1, 0.15) is 50.6 Å². The molecule has 7 heteroatoms. The van der Waals surface area contributed by atoms with Crippen LogP contribution in [0.15, 0.2) is 47.5 Å². The zero-order chi connectivity index (χ0) is 20.5. The second kappa shape index (κ2) is 7.80. The van der Waals surface area contributed by atoms with E-state index in [2.05, 4.69) is 36.3 Å². The Bertz CT molecular complexity index is 1020. The number of aryl methyl sites for hydroxylation is 1. The van der Waals surface area contributed by atoms with Crippen LogP contribution in [0.25, 0.3) is 0 Å². The lowest BCUT2D eigenvalue weighted by Crippen LogP contribution is -2.25. The second-order valence-electron chi connectivity index (χ2n) is 7.97. The number of rotatable bonds is 5. The van der Waals surface area contributed by atoms with Gasteiger partial charge in [0.1, 0.15) is 5.02 Å². The lowest BCUT2D eigenvalue weighted by molar-refractivity contribution is 0.354. The summed E-state index contributed by atoms with van der Waals surface area (Å²) in [5, 5.41) is 12.3. The van der Waals surface area contributed by atoms with Crippen LogP contribution in [0.3, 0.4) is 0 Å². The number of nitrogens with zero attached hydrogens (tertiary/aromatic N) is 4. The third-order valence-electron chi connectivity index (χ3n) is 4.62. The molecule has 1 atom stereocenters. The average molecular weight is 400 g/mol. The van der Waals surface area contributed by atoms with Crippen molar-refractivity contribution in [3.05, 3.63) is 74.9 Å². The van der Waals surface area contributed by atoms with Gasteiger partial charge in [0.05, 0.1) is 35.7 Å². The van der Waals surface area contributed by atoms with Gasteiger partial charge in [-0.25, -0.2) is 4.68 Å². The van der Waals surface area contributed by atoms with E-state index in [-0.39, 0.29) is 22.2 Å². The Kier molecular flexibility index (Phi) is 5.61. The summed E-state index contributed by atoms with van der Waals surface area (Å²) in [5.41, 5.74) is 3.10. The molecular weight excluding hydrogens is 374 g/mol. The molecule has 0 amide bonds. The molecule has 0 saturated carbocycles. The third kappa shape index (κ3) is 4.28. The number of hydrogen-bond acceptors (Lipinski definition) is 4. The van der Waals surface area contributed by atoms with Crippen molar-refractivity contribution < 1.29 is 0 Å². The highest BCUT2D eigenvalue weighted by atomic mass is 35.5. The van der Waals surface area contributed by atoms with Crippen LogP contribution in [-0.2, 0) is 12.1 Å². The number of aromatic nitrogens is 4. The molecule has 148 valence electrons. The van der Waals surface area contributed by atoms with Crippen molar-refractivity contribution in [1.82, 2.24) is 19.6 Å². The van der Waals surface area contributed by atoms with Crippen molar-refractivity contribution in [3.63, 3.8) is 0 Å². The lowest BCUT2D eigenvalue weighted by Gasteiger charge is -2.19. The zero-order valence-corrected chi connectivity index (χ0v) is 17.7. The Hall–Kier alpha value is -2.60. The van der Waals surface area contributed by atoms with Gasteiger partial charge in [0.25, 0.3) is 5.56 Å². The van der Waals surface area contributed by atoms with E-state index in [9.17, 15) is 4.79 Å². The summed E-state index contributed by atoms with van der Waals surface area (Å²) in [5.74, 6) is 0. The maximum atomic E-state index is 12.6. The smallest absolute Gasteiger partial charge is 0.287 e. The summed E-state index contributed by atoms with van der Waals surface area (Å²) in [4.78, 5) is 12.6. The van der Waals surface area contributed by atoms with Gasteiger partial charge in [0, 0.05) is 11.8 Å². The highest BCUT2D eigenvalue weighted by Gasteiger charge is 2.20. The molecule has 0 aliphatic heterocycles. The van der Waals surface area contributed by atoms with Gasteiger partial charge in [-0.15, -0.1) is 0 Å². The molecule has 28 heavy (non-hydrogen) atoms. The monoisotopic (exact) mass is 399 g/mol. The van der Waals surface area contributed by atoms with E-state index >= 15 is 0 Å².